The standard InChI is InChI=1S/C23H23F3N2O5/c1-13(10-21(30)31)27-20(29)11-19(23(24,25)26)28-22(32)33-12-18-16-8-4-2-6-14(16)15-7-3-5-9-17(15)18/h2-9,13,18-19H,10-12H2,1H3,(H,27,29)(H,28,32)(H,30,31)/t13-,19?/m0/s1. The normalized spacial score (nSPS) is 14.5. The highest BCUT2D eigenvalue weighted by atomic mass is 19.4. The zero-order valence-corrected chi connectivity index (χ0v) is 17.7. The molecule has 0 spiro atoms. The van der Waals surface area contributed by atoms with Crippen LogP contribution in [0.4, 0.5) is 18.0 Å². The number of nitrogens with one attached hydrogen (secondary N) is 2. The summed E-state index contributed by atoms with van der Waals surface area (Å²) >= 11 is 0. The highest BCUT2D eigenvalue weighted by molar-refractivity contribution is 5.80. The van der Waals surface area contributed by atoms with Crippen molar-refractivity contribution in [3.63, 3.8) is 0 Å². The highest BCUT2D eigenvalue weighted by Gasteiger charge is 2.42. The second-order valence-electron chi connectivity index (χ2n) is 7.83. The number of aliphatic carboxylic acids is 1. The van der Waals surface area contributed by atoms with Crippen LogP contribution in [0.5, 0.6) is 0 Å². The van der Waals surface area contributed by atoms with E-state index in [1.165, 1.54) is 6.92 Å². The third kappa shape index (κ3) is 6.03. The molecule has 2 aromatic rings. The molecule has 2 aromatic carbocycles. The number of ether oxygens (including phenoxy) is 1. The molecule has 7 nitrogen and oxygen atoms in total. The zero-order valence-electron chi connectivity index (χ0n) is 17.7. The first kappa shape index (κ1) is 24.1. The number of halogens is 3. The Morgan fingerprint density at radius 1 is 0.970 bits per heavy atom. The molecule has 1 aliphatic rings. The first-order chi connectivity index (χ1) is 15.6. The Balaban J connectivity index is 1.62. The maximum absolute atomic E-state index is 13.4. The molecule has 1 aliphatic carbocycles. The second-order valence-corrected chi connectivity index (χ2v) is 7.83. The van der Waals surface area contributed by atoms with Gasteiger partial charge in [-0.05, 0) is 29.2 Å². The molecule has 33 heavy (non-hydrogen) atoms. The third-order valence-electron chi connectivity index (χ3n) is 5.31. The molecule has 0 heterocycles. The largest absolute Gasteiger partial charge is 0.481 e. The molecule has 0 fully saturated rings. The highest BCUT2D eigenvalue weighted by Crippen LogP contribution is 2.44. The van der Waals surface area contributed by atoms with Crippen LogP contribution in [0, 0.1) is 0 Å². The van der Waals surface area contributed by atoms with Crippen molar-refractivity contribution in [2.75, 3.05) is 6.61 Å². The molecule has 0 aromatic heterocycles. The number of carbonyl (C=O) groups is 3. The van der Waals surface area contributed by atoms with Crippen molar-refractivity contribution in [2.45, 2.75) is 43.9 Å². The van der Waals surface area contributed by atoms with Crippen LogP contribution in [-0.4, -0.2) is 47.9 Å². The van der Waals surface area contributed by atoms with Crippen molar-refractivity contribution in [1.29, 1.82) is 0 Å². The lowest BCUT2D eigenvalue weighted by atomic mass is 9.98. The molecule has 0 aliphatic heterocycles. The fourth-order valence-corrected chi connectivity index (χ4v) is 3.86. The van der Waals surface area contributed by atoms with Crippen LogP contribution in [-0.2, 0) is 14.3 Å². The summed E-state index contributed by atoms with van der Waals surface area (Å²) in [5, 5.41) is 12.6. The van der Waals surface area contributed by atoms with E-state index in [1.54, 1.807) is 5.32 Å². The minimum absolute atomic E-state index is 0.174. The predicted octanol–water partition coefficient (Wildman–Crippen LogP) is 3.83. The molecular weight excluding hydrogens is 441 g/mol. The molecule has 3 N–H and O–H groups in total. The molecule has 1 unspecified atom stereocenters. The Kier molecular flexibility index (Phi) is 7.25. The SMILES string of the molecule is C[C@@H](CC(=O)O)NC(=O)CC(NC(=O)OCC1c2ccccc2-c2ccccc21)C(F)(F)F. The number of hydrogen-bond donors (Lipinski definition) is 3. The summed E-state index contributed by atoms with van der Waals surface area (Å²) in [7, 11) is 0. The Morgan fingerprint density at radius 3 is 2.03 bits per heavy atom. The lowest BCUT2D eigenvalue weighted by Gasteiger charge is -2.22. The van der Waals surface area contributed by atoms with Gasteiger partial charge in [-0.1, -0.05) is 48.5 Å². The number of carboxylic acids is 1. The van der Waals surface area contributed by atoms with Crippen molar-refractivity contribution in [3.8, 4) is 11.1 Å². The van der Waals surface area contributed by atoms with Gasteiger partial charge in [0.05, 0.1) is 12.8 Å². The van der Waals surface area contributed by atoms with E-state index in [1.807, 2.05) is 48.5 Å². The van der Waals surface area contributed by atoms with Crippen LogP contribution >= 0.6 is 0 Å². The topological polar surface area (TPSA) is 105 Å². The average molecular weight is 464 g/mol. The quantitative estimate of drug-likeness (QED) is 0.551. The van der Waals surface area contributed by atoms with Gasteiger partial charge in [0.15, 0.2) is 0 Å². The van der Waals surface area contributed by atoms with Crippen LogP contribution in [0.1, 0.15) is 36.8 Å². The second kappa shape index (κ2) is 9.93. The van der Waals surface area contributed by atoms with Crippen molar-refractivity contribution in [2.24, 2.45) is 0 Å². The minimum Gasteiger partial charge on any atom is -0.481 e. The number of hydrogen-bond acceptors (Lipinski definition) is 4. The molecule has 10 heteroatoms. The number of carboxylic acid groups (broad SMARTS) is 1. The maximum atomic E-state index is 13.4. The van der Waals surface area contributed by atoms with Crippen molar-refractivity contribution >= 4 is 18.0 Å². The van der Waals surface area contributed by atoms with Crippen molar-refractivity contribution in [1.82, 2.24) is 10.6 Å². The van der Waals surface area contributed by atoms with Crippen LogP contribution in [0.3, 0.4) is 0 Å². The summed E-state index contributed by atoms with van der Waals surface area (Å²) in [4.78, 5) is 34.8. The minimum atomic E-state index is -4.90. The summed E-state index contributed by atoms with van der Waals surface area (Å²) in [6.45, 7) is 1.18. The van der Waals surface area contributed by atoms with E-state index in [2.05, 4.69) is 5.32 Å². The van der Waals surface area contributed by atoms with Gasteiger partial charge < -0.3 is 20.5 Å². The Hall–Kier alpha value is -3.56. The van der Waals surface area contributed by atoms with Gasteiger partial charge in [-0.3, -0.25) is 9.59 Å². The summed E-state index contributed by atoms with van der Waals surface area (Å²) in [5.74, 6) is -2.57. The molecule has 3 rings (SSSR count). The molecule has 0 saturated carbocycles. The summed E-state index contributed by atoms with van der Waals surface area (Å²) in [6.07, 6.45) is -7.75. The van der Waals surface area contributed by atoms with Crippen molar-refractivity contribution in [3.05, 3.63) is 59.7 Å². The molecule has 176 valence electrons. The van der Waals surface area contributed by atoms with E-state index in [4.69, 9.17) is 9.84 Å². The van der Waals surface area contributed by atoms with E-state index < -0.39 is 49.1 Å². The fraction of sp³-hybridized carbons (Fsp3) is 0.348. The number of benzene rings is 2. The molecule has 0 bridgehead atoms. The summed E-state index contributed by atoms with van der Waals surface area (Å²) in [6, 6.07) is 11.7. The van der Waals surface area contributed by atoms with Crippen LogP contribution in [0.2, 0.25) is 0 Å². The number of alkyl halides is 3. The maximum Gasteiger partial charge on any atom is 0.409 e. The zero-order chi connectivity index (χ0) is 24.2. The Labute approximate surface area is 187 Å². The summed E-state index contributed by atoms with van der Waals surface area (Å²) < 4.78 is 45.3. The lowest BCUT2D eigenvalue weighted by molar-refractivity contribution is -0.160. The number of amides is 2. The predicted molar refractivity (Wildman–Crippen MR) is 113 cm³/mol. The smallest absolute Gasteiger partial charge is 0.409 e. The van der Waals surface area contributed by atoms with Gasteiger partial charge >= 0.3 is 18.2 Å². The lowest BCUT2D eigenvalue weighted by Crippen LogP contribution is -2.49. The molecule has 2 amide bonds. The van der Waals surface area contributed by atoms with Gasteiger partial charge in [-0.25, -0.2) is 4.79 Å². The van der Waals surface area contributed by atoms with Gasteiger partial charge in [0.1, 0.15) is 12.6 Å². The van der Waals surface area contributed by atoms with Gasteiger partial charge in [0.2, 0.25) is 5.91 Å². The third-order valence-corrected chi connectivity index (χ3v) is 5.31. The number of rotatable bonds is 8. The van der Waals surface area contributed by atoms with E-state index in [-0.39, 0.29) is 12.5 Å². The van der Waals surface area contributed by atoms with E-state index in [0.717, 1.165) is 22.3 Å². The molecular formula is C23H23F3N2O5. The van der Waals surface area contributed by atoms with E-state index in [0.29, 0.717) is 0 Å². The Bertz CT molecular complexity index is 995. The van der Waals surface area contributed by atoms with Crippen LogP contribution in [0.15, 0.2) is 48.5 Å². The number of fused-ring (bicyclic) bond motifs is 3. The monoisotopic (exact) mass is 464 g/mol. The van der Waals surface area contributed by atoms with Gasteiger partial charge in [-0.15, -0.1) is 0 Å². The molecule has 2 atom stereocenters. The Morgan fingerprint density at radius 2 is 1.52 bits per heavy atom. The van der Waals surface area contributed by atoms with Gasteiger partial charge in [0.25, 0.3) is 0 Å². The van der Waals surface area contributed by atoms with Crippen LogP contribution < -0.4 is 10.6 Å². The summed E-state index contributed by atoms with van der Waals surface area (Å²) in [5.41, 5.74) is 3.76. The van der Waals surface area contributed by atoms with Crippen LogP contribution in [0.25, 0.3) is 11.1 Å². The first-order valence-corrected chi connectivity index (χ1v) is 10.3. The van der Waals surface area contributed by atoms with Crippen molar-refractivity contribution < 1.29 is 37.4 Å². The first-order valence-electron chi connectivity index (χ1n) is 10.3. The molecule has 0 radical (unpaired) electrons. The average Bonchev–Trinajstić information content (AvgIpc) is 3.04. The van der Waals surface area contributed by atoms with Gasteiger partial charge in [-0.2, -0.15) is 13.2 Å². The van der Waals surface area contributed by atoms with E-state index >= 15 is 0 Å². The fourth-order valence-electron chi connectivity index (χ4n) is 3.86. The number of alkyl carbamates (subject to hydrolysis) is 1. The van der Waals surface area contributed by atoms with E-state index in [9.17, 15) is 27.6 Å². The van der Waals surface area contributed by atoms with Gasteiger partial charge in [0, 0.05) is 12.0 Å². The number of carbonyl (C=O) groups excluding carboxylic acids is 2. The molecule has 0 saturated heterocycles.